The second-order valence-electron chi connectivity index (χ2n) is 1.72. The van der Waals surface area contributed by atoms with Crippen LogP contribution in [0.2, 0.25) is 0 Å². The normalized spacial score (nSPS) is 20.4. The predicted octanol–water partition coefficient (Wildman–Crippen LogP) is -0.277. The summed E-state index contributed by atoms with van der Waals surface area (Å²) >= 11 is 0. The predicted molar refractivity (Wildman–Crippen MR) is 32.8 cm³/mol. The lowest BCUT2D eigenvalue weighted by Crippen LogP contribution is -2.26. The van der Waals surface area contributed by atoms with Crippen molar-refractivity contribution in [1.29, 1.82) is 0 Å². The van der Waals surface area contributed by atoms with Gasteiger partial charge in [-0.1, -0.05) is 0 Å². The van der Waals surface area contributed by atoms with Crippen molar-refractivity contribution in [3.8, 4) is 0 Å². The number of rotatable bonds is 0. The molecule has 45 valence electrons. The van der Waals surface area contributed by atoms with Crippen molar-refractivity contribution < 1.29 is 0 Å². The second-order valence-corrected chi connectivity index (χ2v) is 1.72. The van der Waals surface area contributed by atoms with E-state index in [1.54, 1.807) is 23.7 Å². The van der Waals surface area contributed by atoms with Crippen LogP contribution < -0.4 is 10.9 Å². The molecule has 0 aromatic heterocycles. The SMILES string of the molecule is C1=CC2=CNN=CN2[N]1. The number of allylic oxidation sites excluding steroid dienone is 1. The van der Waals surface area contributed by atoms with Gasteiger partial charge in [0.05, 0.1) is 11.9 Å². The molecule has 2 rings (SSSR count). The zero-order valence-corrected chi connectivity index (χ0v) is 4.65. The molecule has 0 atom stereocenters. The summed E-state index contributed by atoms with van der Waals surface area (Å²) in [5.74, 6) is 0. The van der Waals surface area contributed by atoms with Gasteiger partial charge in [-0.15, -0.1) is 0 Å². The molecule has 9 heavy (non-hydrogen) atoms. The van der Waals surface area contributed by atoms with E-state index in [1.165, 1.54) is 0 Å². The summed E-state index contributed by atoms with van der Waals surface area (Å²) in [7, 11) is 0. The van der Waals surface area contributed by atoms with Gasteiger partial charge >= 0.3 is 0 Å². The van der Waals surface area contributed by atoms with Crippen molar-refractivity contribution in [3.63, 3.8) is 0 Å². The first-order valence-corrected chi connectivity index (χ1v) is 2.62. The third-order valence-electron chi connectivity index (χ3n) is 1.15. The van der Waals surface area contributed by atoms with Gasteiger partial charge in [0.15, 0.2) is 0 Å². The monoisotopic (exact) mass is 121 g/mol. The number of nitrogens with one attached hydrogen (secondary N) is 1. The minimum Gasteiger partial charge on any atom is -0.282 e. The van der Waals surface area contributed by atoms with E-state index in [4.69, 9.17) is 0 Å². The Morgan fingerprint density at radius 2 is 2.56 bits per heavy atom. The smallest absolute Gasteiger partial charge is 0.137 e. The Bertz CT molecular complexity index is 203. The molecule has 0 saturated heterocycles. The second kappa shape index (κ2) is 1.51. The maximum Gasteiger partial charge on any atom is 0.137 e. The first-order valence-electron chi connectivity index (χ1n) is 2.62. The zero-order valence-electron chi connectivity index (χ0n) is 4.65. The zero-order chi connectivity index (χ0) is 6.10. The fraction of sp³-hybridized carbons (Fsp3) is 0. The van der Waals surface area contributed by atoms with Crippen LogP contribution in [0.1, 0.15) is 0 Å². The molecular formula is C5H5N4. The van der Waals surface area contributed by atoms with E-state index >= 15 is 0 Å². The van der Waals surface area contributed by atoms with Gasteiger partial charge in [0.1, 0.15) is 6.34 Å². The van der Waals surface area contributed by atoms with Crippen LogP contribution >= 0.6 is 0 Å². The molecule has 1 N–H and O–H groups in total. The van der Waals surface area contributed by atoms with Crippen molar-refractivity contribution >= 4 is 6.34 Å². The van der Waals surface area contributed by atoms with Gasteiger partial charge in [-0.25, -0.2) is 5.01 Å². The average Bonchev–Trinajstić information content (AvgIpc) is 2.33. The van der Waals surface area contributed by atoms with E-state index < -0.39 is 0 Å². The van der Waals surface area contributed by atoms with Crippen LogP contribution in [-0.4, -0.2) is 11.3 Å². The molecule has 0 amide bonds. The molecule has 2 heterocycles. The number of fused-ring (bicyclic) bond motifs is 1. The summed E-state index contributed by atoms with van der Waals surface area (Å²) in [6.07, 6.45) is 7.03. The average molecular weight is 121 g/mol. The molecule has 0 bridgehead atoms. The lowest BCUT2D eigenvalue weighted by Gasteiger charge is -2.13. The van der Waals surface area contributed by atoms with Gasteiger partial charge in [0.25, 0.3) is 0 Å². The minimum atomic E-state index is 1.02. The third kappa shape index (κ3) is 0.561. The molecule has 0 saturated carbocycles. The summed E-state index contributed by atoms with van der Waals surface area (Å²) in [4.78, 5) is 0. The molecular weight excluding hydrogens is 116 g/mol. The Hall–Kier alpha value is -1.45. The Morgan fingerprint density at radius 3 is 3.44 bits per heavy atom. The highest BCUT2D eigenvalue weighted by atomic mass is 15.6. The highest BCUT2D eigenvalue weighted by Gasteiger charge is 2.11. The third-order valence-corrected chi connectivity index (χ3v) is 1.15. The molecule has 0 aromatic rings. The van der Waals surface area contributed by atoms with Crippen molar-refractivity contribution in [3.05, 3.63) is 24.2 Å². The highest BCUT2D eigenvalue weighted by molar-refractivity contribution is 5.60. The Morgan fingerprint density at radius 1 is 1.56 bits per heavy atom. The van der Waals surface area contributed by atoms with Gasteiger partial charge in [-0.05, 0) is 6.08 Å². The van der Waals surface area contributed by atoms with Gasteiger partial charge < -0.3 is 0 Å². The van der Waals surface area contributed by atoms with Gasteiger partial charge in [0, 0.05) is 6.20 Å². The molecule has 0 fully saturated rings. The summed E-state index contributed by atoms with van der Waals surface area (Å²) in [5, 5.41) is 5.45. The fourth-order valence-corrected chi connectivity index (χ4v) is 0.727. The first kappa shape index (κ1) is 4.43. The van der Waals surface area contributed by atoms with Gasteiger partial charge in [-0.3, -0.25) is 5.43 Å². The van der Waals surface area contributed by atoms with Crippen LogP contribution in [-0.2, 0) is 0 Å². The van der Waals surface area contributed by atoms with Crippen LogP contribution in [0.25, 0.3) is 0 Å². The standard InChI is InChI=1S/C5H5N4/c1-2-8-9-4-7-6-3-5(1)9/h1-4,6H. The van der Waals surface area contributed by atoms with Crippen molar-refractivity contribution in [2.24, 2.45) is 5.10 Å². The topological polar surface area (TPSA) is 41.7 Å². The number of hydrogen-bond donors (Lipinski definition) is 1. The molecule has 2 aliphatic rings. The number of hydrogen-bond acceptors (Lipinski definition) is 3. The van der Waals surface area contributed by atoms with Crippen LogP contribution in [0.4, 0.5) is 0 Å². The van der Waals surface area contributed by atoms with E-state index in [0.717, 1.165) is 5.70 Å². The van der Waals surface area contributed by atoms with E-state index in [-0.39, 0.29) is 0 Å². The lowest BCUT2D eigenvalue weighted by atomic mass is 10.4. The van der Waals surface area contributed by atoms with Crippen LogP contribution in [0.15, 0.2) is 29.3 Å². The molecule has 1 radical (unpaired) electrons. The molecule has 2 aliphatic heterocycles. The Labute approximate surface area is 52.5 Å². The van der Waals surface area contributed by atoms with Gasteiger partial charge in [0.2, 0.25) is 0 Å². The van der Waals surface area contributed by atoms with E-state index in [1.807, 2.05) is 6.08 Å². The maximum atomic E-state index is 3.95. The molecule has 0 spiro atoms. The van der Waals surface area contributed by atoms with E-state index in [0.29, 0.717) is 0 Å². The lowest BCUT2D eigenvalue weighted by molar-refractivity contribution is 0.466. The largest absolute Gasteiger partial charge is 0.282 e. The summed E-state index contributed by atoms with van der Waals surface area (Å²) in [6, 6.07) is 0. The molecule has 4 heteroatoms. The quantitative estimate of drug-likeness (QED) is 0.479. The highest BCUT2D eigenvalue weighted by Crippen LogP contribution is 2.08. The Balaban J connectivity index is 2.29. The number of hydrazone groups is 1. The first-order chi connectivity index (χ1) is 4.47. The van der Waals surface area contributed by atoms with Crippen molar-refractivity contribution in [2.45, 2.75) is 0 Å². The van der Waals surface area contributed by atoms with E-state index in [9.17, 15) is 0 Å². The summed E-state index contributed by atoms with van der Waals surface area (Å²) in [5.41, 5.74) is 7.68. The van der Waals surface area contributed by atoms with E-state index in [2.05, 4.69) is 16.0 Å². The number of nitrogens with zero attached hydrogens (tertiary/aromatic N) is 3. The van der Waals surface area contributed by atoms with Crippen LogP contribution in [0.5, 0.6) is 0 Å². The van der Waals surface area contributed by atoms with Crippen LogP contribution in [0.3, 0.4) is 0 Å². The molecule has 0 unspecified atom stereocenters. The minimum absolute atomic E-state index is 1.02. The molecule has 0 aliphatic carbocycles. The maximum absolute atomic E-state index is 3.95. The molecule has 4 nitrogen and oxygen atoms in total. The Kier molecular flexibility index (Phi) is 0.745. The molecule has 0 aromatic carbocycles. The summed E-state index contributed by atoms with van der Waals surface area (Å²) in [6.45, 7) is 0. The fourth-order valence-electron chi connectivity index (χ4n) is 0.727. The summed E-state index contributed by atoms with van der Waals surface area (Å²) < 4.78 is 0. The van der Waals surface area contributed by atoms with Crippen LogP contribution in [0, 0.1) is 0 Å². The van der Waals surface area contributed by atoms with Crippen molar-refractivity contribution in [1.82, 2.24) is 15.9 Å². The van der Waals surface area contributed by atoms with Crippen molar-refractivity contribution in [2.75, 3.05) is 0 Å². The van der Waals surface area contributed by atoms with Gasteiger partial charge in [-0.2, -0.15) is 10.5 Å².